The molecule has 2 N–H and O–H groups in total. The summed E-state index contributed by atoms with van der Waals surface area (Å²) in [4.78, 5) is 34.0. The third kappa shape index (κ3) is 6.89. The number of rotatable bonds is 1. The maximum Gasteiger partial charge on any atom is 0.145 e. The zero-order valence-corrected chi connectivity index (χ0v) is 24.8. The zero-order chi connectivity index (χ0) is 18.2. The Morgan fingerprint density at radius 1 is 1.15 bits per heavy atom. The van der Waals surface area contributed by atoms with Crippen LogP contribution in [-0.2, 0) is 106 Å². The number of hydrogen-bond donors (Lipinski definition) is 2. The summed E-state index contributed by atoms with van der Waals surface area (Å²) in [6.07, 6.45) is 3.04. The van der Waals surface area contributed by atoms with Crippen LogP contribution in [0.4, 0.5) is 0 Å². The fourth-order valence-electron chi connectivity index (χ4n) is 3.65. The molecule has 2 heterocycles. The van der Waals surface area contributed by atoms with Gasteiger partial charge in [-0.1, -0.05) is 31.6 Å². The second kappa shape index (κ2) is 12.6. The number of fused-ring (bicyclic) bond motifs is 3. The summed E-state index contributed by atoms with van der Waals surface area (Å²) >= 11 is 0. The third-order valence-electron chi connectivity index (χ3n) is 5.50. The van der Waals surface area contributed by atoms with Crippen molar-refractivity contribution in [2.24, 2.45) is 23.7 Å². The van der Waals surface area contributed by atoms with Crippen molar-refractivity contribution in [3.05, 3.63) is 12.2 Å². The Kier molecular flexibility index (Phi) is 14.4. The van der Waals surface area contributed by atoms with Crippen LogP contribution >= 0.6 is 0 Å². The van der Waals surface area contributed by atoms with E-state index < -0.39 is 17.6 Å². The quantitative estimate of drug-likeness (QED) is 0.321. The van der Waals surface area contributed by atoms with Crippen LogP contribution in [0.1, 0.15) is 53.4 Å². The summed E-state index contributed by atoms with van der Waals surface area (Å²) < 4.78 is 5.31. The Hall–Kier alpha value is 1.79. The van der Waals surface area contributed by atoms with Gasteiger partial charge in [-0.05, 0) is 13.3 Å². The summed E-state index contributed by atoms with van der Waals surface area (Å²) in [5.41, 5.74) is 0. The van der Waals surface area contributed by atoms with E-state index in [2.05, 4.69) is 0 Å². The largest absolute Gasteiger partial charge is 0.562 e. The molecule has 2 saturated carbocycles. The summed E-state index contributed by atoms with van der Waals surface area (Å²) in [5.74, 6) is -2.55. The number of hydrogen-bond acceptors (Lipinski definition) is 6. The molecule has 9 heteroatoms. The van der Waals surface area contributed by atoms with E-state index in [1.165, 1.54) is 6.92 Å². The van der Waals surface area contributed by atoms with Gasteiger partial charge in [0, 0.05) is 92.9 Å². The Labute approximate surface area is 225 Å². The molecule has 4 fully saturated rings. The molecular weight excluding hydrogens is 674 g/mol. The van der Waals surface area contributed by atoms with Gasteiger partial charge in [-0.3, -0.25) is 4.79 Å². The Morgan fingerprint density at radius 2 is 1.70 bits per heavy atom. The Bertz CT molecular complexity index is 540. The van der Waals surface area contributed by atoms with Gasteiger partial charge < -0.3 is 24.5 Å². The predicted octanol–water partition coefficient (Wildman–Crippen LogP) is 1.96. The number of Topliss-reactive ketones (excluding diaryl/α,β-unsaturated/α-hetero) is 3. The molecule has 5 unspecified atom stereocenters. The molecule has 6 nitrogen and oxygen atoms in total. The molecule has 2 aliphatic carbocycles. The number of carbonyl (C=O) groups is 3. The summed E-state index contributed by atoms with van der Waals surface area (Å²) in [7, 11) is 0. The van der Waals surface area contributed by atoms with Gasteiger partial charge in [0.15, 0.2) is 0 Å². The number of aliphatic hydroxyl groups excluding tert-OH is 1. The normalized spacial score (nSPS) is 35.4. The summed E-state index contributed by atoms with van der Waals surface area (Å²) in [5, 5.41) is 19.0. The van der Waals surface area contributed by atoms with Crippen LogP contribution in [0.3, 0.4) is 0 Å². The average Bonchev–Trinajstić information content (AvgIpc) is 2.50. The van der Waals surface area contributed by atoms with Crippen LogP contribution in [0.2, 0.25) is 0 Å². The molecule has 4 rings (SSSR count). The molecule has 27 heavy (non-hydrogen) atoms. The van der Waals surface area contributed by atoms with E-state index >= 15 is 0 Å². The van der Waals surface area contributed by atoms with Gasteiger partial charge in [0.1, 0.15) is 23.1 Å². The zero-order valence-electron chi connectivity index (χ0n) is 16.2. The van der Waals surface area contributed by atoms with Gasteiger partial charge in [0.25, 0.3) is 0 Å². The van der Waals surface area contributed by atoms with Crippen molar-refractivity contribution in [1.29, 1.82) is 0 Å². The van der Waals surface area contributed by atoms with E-state index in [1.807, 2.05) is 0 Å². The molecule has 0 aromatic carbocycles. The molecule has 0 aromatic heterocycles. The summed E-state index contributed by atoms with van der Waals surface area (Å²) in [6, 6.07) is 0. The van der Waals surface area contributed by atoms with E-state index in [-0.39, 0.29) is 122 Å². The molecule has 4 aliphatic rings. The minimum atomic E-state index is -1.20. The fraction of sp³-hybridized carbons (Fsp3) is 0.722. The molecule has 0 aromatic rings. The molecule has 2 aliphatic heterocycles. The van der Waals surface area contributed by atoms with Gasteiger partial charge in [0.05, 0.1) is 11.8 Å². The van der Waals surface area contributed by atoms with Crippen molar-refractivity contribution in [3.63, 3.8) is 0 Å². The first-order valence-corrected chi connectivity index (χ1v) is 8.46. The maximum absolute atomic E-state index is 11.5. The standard InChI is InChI=1S/2C9H13O3.W.2Y/c1-5-8(10)7-3-4-9(5,11)12-6(7)2;1-5-8(11)4-3-7(6(2)10)9(5)12;;;/h5,7,11H,3-4H2,1-2H3;5,7,10H,3-4H2,1-2H3;;;/q2*-1;;;. The van der Waals surface area contributed by atoms with Crippen molar-refractivity contribution in [2.75, 3.05) is 0 Å². The number of ether oxygens (including phenoxy) is 1. The van der Waals surface area contributed by atoms with Crippen LogP contribution in [0.5, 0.6) is 0 Å². The number of carbonyl (C=O) groups excluding carboxylic acids is 3. The van der Waals surface area contributed by atoms with Crippen molar-refractivity contribution in [1.82, 2.24) is 0 Å². The van der Waals surface area contributed by atoms with E-state index in [0.29, 0.717) is 25.4 Å². The van der Waals surface area contributed by atoms with E-state index in [0.717, 1.165) is 6.42 Å². The van der Waals surface area contributed by atoms with Crippen LogP contribution < -0.4 is 0 Å². The maximum atomic E-state index is 11.5. The Morgan fingerprint density at radius 3 is 2.15 bits per heavy atom. The van der Waals surface area contributed by atoms with Gasteiger partial charge in [-0.25, -0.2) is 0 Å². The summed E-state index contributed by atoms with van der Waals surface area (Å²) in [6.45, 7) is 6.64. The molecule has 0 spiro atoms. The minimum Gasteiger partial charge on any atom is -0.562 e. The molecule has 148 valence electrons. The van der Waals surface area contributed by atoms with Crippen LogP contribution in [-0.4, -0.2) is 33.3 Å². The second-order valence-corrected chi connectivity index (χ2v) is 7.10. The number of ketones is 3. The van der Waals surface area contributed by atoms with Gasteiger partial charge in [-0.15, -0.1) is 0 Å². The van der Waals surface area contributed by atoms with Crippen molar-refractivity contribution < 1.29 is 116 Å². The molecule has 2 saturated heterocycles. The van der Waals surface area contributed by atoms with E-state index in [9.17, 15) is 19.5 Å². The molecule has 2 radical (unpaired) electrons. The first-order valence-electron chi connectivity index (χ1n) is 8.46. The van der Waals surface area contributed by atoms with Crippen LogP contribution in [0.15, 0.2) is 0 Å². The van der Waals surface area contributed by atoms with Crippen molar-refractivity contribution >= 4 is 17.3 Å². The van der Waals surface area contributed by atoms with Crippen molar-refractivity contribution in [2.45, 2.75) is 59.2 Å². The van der Waals surface area contributed by atoms with E-state index in [1.54, 1.807) is 20.8 Å². The third-order valence-corrected chi connectivity index (χ3v) is 5.50. The van der Waals surface area contributed by atoms with Gasteiger partial charge in [-0.2, -0.15) is 26.1 Å². The monoisotopic (exact) mass is 700 g/mol. The van der Waals surface area contributed by atoms with Crippen molar-refractivity contribution in [3.8, 4) is 0 Å². The van der Waals surface area contributed by atoms with E-state index in [4.69, 9.17) is 9.84 Å². The Balaban J connectivity index is 0. The molecular formula is C18H26O6WY2-2. The first-order chi connectivity index (χ1) is 11.1. The number of aliphatic hydroxyl groups is 2. The SMILES string of the molecule is C[C-](O)C1CCC(=O)C(C)C1=O.C[C-]1OC2(O)CCC1C(=O)C2C.[W].[Y].[Y]. The topological polar surface area (TPSA) is 101 Å². The molecule has 5 atom stereocenters. The van der Waals surface area contributed by atoms with Gasteiger partial charge >= 0.3 is 0 Å². The smallest absolute Gasteiger partial charge is 0.145 e. The molecule has 2 bridgehead atoms. The second-order valence-electron chi connectivity index (χ2n) is 7.10. The molecule has 0 amide bonds. The van der Waals surface area contributed by atoms with Crippen LogP contribution in [0, 0.1) is 35.9 Å². The van der Waals surface area contributed by atoms with Crippen LogP contribution in [0.25, 0.3) is 0 Å². The predicted molar refractivity (Wildman–Crippen MR) is 84.6 cm³/mol. The van der Waals surface area contributed by atoms with Gasteiger partial charge in [0.2, 0.25) is 0 Å². The average molecular weight is 700 g/mol. The first kappa shape index (κ1) is 31.0. The fourth-order valence-corrected chi connectivity index (χ4v) is 3.65. The minimum absolute atomic E-state index is 0.